The second-order valence-corrected chi connectivity index (χ2v) is 5.35. The van der Waals surface area contributed by atoms with Crippen LogP contribution in [0.15, 0.2) is 0 Å². The Morgan fingerprint density at radius 1 is 0.938 bits per heavy atom. The Hall–Kier alpha value is -0.0800. The first-order valence-electron chi connectivity index (χ1n) is 7.12. The maximum absolute atomic E-state index is 6.15. The maximum atomic E-state index is 6.15. The third-order valence-corrected chi connectivity index (χ3v) is 3.06. The third kappa shape index (κ3) is 10.4. The first kappa shape index (κ1) is 15.9. The fraction of sp³-hybridized carbons (Fsp3) is 1.00. The van der Waals surface area contributed by atoms with Crippen molar-refractivity contribution in [1.82, 2.24) is 5.32 Å². The molecule has 2 heteroatoms. The van der Waals surface area contributed by atoms with Gasteiger partial charge in [-0.25, -0.2) is 0 Å². The predicted octanol–water partition coefficient (Wildman–Crippen LogP) is 3.45. The molecule has 0 saturated heterocycles. The summed E-state index contributed by atoms with van der Waals surface area (Å²) in [6.45, 7) is 8.68. The molecule has 3 N–H and O–H groups in total. The molecule has 0 heterocycles. The molecule has 0 aliphatic carbocycles. The minimum atomic E-state index is -0.0169. The molecule has 0 aliphatic rings. The van der Waals surface area contributed by atoms with Crippen molar-refractivity contribution in [3.05, 3.63) is 0 Å². The molecule has 0 aromatic heterocycles. The third-order valence-electron chi connectivity index (χ3n) is 3.06. The highest BCUT2D eigenvalue weighted by molar-refractivity contribution is 4.80. The molecule has 2 nitrogen and oxygen atoms in total. The number of hydrogen-bond acceptors (Lipinski definition) is 2. The smallest absolute Gasteiger partial charge is 0.0252 e. The largest absolute Gasteiger partial charge is 0.324 e. The Kier molecular flexibility index (Phi) is 10.0. The van der Waals surface area contributed by atoms with Crippen molar-refractivity contribution >= 4 is 0 Å². The van der Waals surface area contributed by atoms with Gasteiger partial charge in [-0.1, -0.05) is 52.4 Å². The van der Waals surface area contributed by atoms with Gasteiger partial charge in [0.2, 0.25) is 0 Å². The summed E-state index contributed by atoms with van der Waals surface area (Å²) >= 11 is 0. The number of hydrogen-bond donors (Lipinski definition) is 2. The Morgan fingerprint density at radius 2 is 1.56 bits per heavy atom. The van der Waals surface area contributed by atoms with Gasteiger partial charge in [0.15, 0.2) is 0 Å². The summed E-state index contributed by atoms with van der Waals surface area (Å²) in [4.78, 5) is 0. The standard InChI is InChI=1S/C14H32N2/c1-4-6-7-8-9-10-12-16-13-14(3,15)11-5-2/h16H,4-13,15H2,1-3H3. The van der Waals surface area contributed by atoms with Gasteiger partial charge >= 0.3 is 0 Å². The number of rotatable bonds is 11. The van der Waals surface area contributed by atoms with Gasteiger partial charge in [-0.3, -0.25) is 0 Å². The summed E-state index contributed by atoms with van der Waals surface area (Å²) in [6, 6.07) is 0. The van der Waals surface area contributed by atoms with Gasteiger partial charge in [-0.2, -0.15) is 0 Å². The molecule has 0 fully saturated rings. The zero-order valence-electron chi connectivity index (χ0n) is 11.6. The lowest BCUT2D eigenvalue weighted by molar-refractivity contribution is 0.394. The van der Waals surface area contributed by atoms with Crippen molar-refractivity contribution in [3.63, 3.8) is 0 Å². The van der Waals surface area contributed by atoms with Crippen molar-refractivity contribution < 1.29 is 0 Å². The molecular weight excluding hydrogens is 196 g/mol. The Labute approximate surface area is 102 Å². The Bertz CT molecular complexity index is 144. The van der Waals surface area contributed by atoms with Crippen LogP contribution in [0.4, 0.5) is 0 Å². The van der Waals surface area contributed by atoms with Crippen LogP contribution in [0.5, 0.6) is 0 Å². The average Bonchev–Trinajstić information content (AvgIpc) is 2.22. The lowest BCUT2D eigenvalue weighted by atomic mass is 9.98. The predicted molar refractivity (Wildman–Crippen MR) is 73.7 cm³/mol. The van der Waals surface area contributed by atoms with E-state index in [1.807, 2.05) is 0 Å². The van der Waals surface area contributed by atoms with Crippen molar-refractivity contribution in [2.45, 2.75) is 77.7 Å². The van der Waals surface area contributed by atoms with E-state index in [-0.39, 0.29) is 5.54 Å². The molecule has 0 radical (unpaired) electrons. The van der Waals surface area contributed by atoms with E-state index in [1.165, 1.54) is 44.9 Å². The van der Waals surface area contributed by atoms with Crippen LogP contribution in [-0.2, 0) is 0 Å². The van der Waals surface area contributed by atoms with Crippen LogP contribution in [-0.4, -0.2) is 18.6 Å². The molecule has 0 aliphatic heterocycles. The van der Waals surface area contributed by atoms with Crippen LogP contribution in [0.3, 0.4) is 0 Å². The molecule has 98 valence electrons. The highest BCUT2D eigenvalue weighted by Crippen LogP contribution is 2.07. The molecule has 1 atom stereocenters. The molecule has 0 rings (SSSR count). The van der Waals surface area contributed by atoms with Gasteiger partial charge in [0.1, 0.15) is 0 Å². The molecule has 0 amide bonds. The molecule has 0 aromatic carbocycles. The van der Waals surface area contributed by atoms with E-state index in [0.717, 1.165) is 19.5 Å². The van der Waals surface area contributed by atoms with E-state index in [9.17, 15) is 0 Å². The summed E-state index contributed by atoms with van der Waals surface area (Å²) < 4.78 is 0. The quantitative estimate of drug-likeness (QED) is 0.532. The van der Waals surface area contributed by atoms with E-state index in [0.29, 0.717) is 0 Å². The Balaban J connectivity index is 3.20. The van der Waals surface area contributed by atoms with Crippen molar-refractivity contribution in [1.29, 1.82) is 0 Å². The highest BCUT2D eigenvalue weighted by atomic mass is 14.9. The van der Waals surface area contributed by atoms with Crippen LogP contribution in [0.1, 0.15) is 72.1 Å². The van der Waals surface area contributed by atoms with Gasteiger partial charge < -0.3 is 11.1 Å². The topological polar surface area (TPSA) is 38.0 Å². The molecule has 0 aromatic rings. The number of nitrogens with two attached hydrogens (primary N) is 1. The van der Waals surface area contributed by atoms with Crippen LogP contribution in [0, 0.1) is 0 Å². The molecule has 0 spiro atoms. The number of nitrogens with one attached hydrogen (secondary N) is 1. The molecule has 0 bridgehead atoms. The summed E-state index contributed by atoms with van der Waals surface area (Å²) in [6.07, 6.45) is 10.5. The van der Waals surface area contributed by atoms with Crippen molar-refractivity contribution in [2.75, 3.05) is 13.1 Å². The molecular formula is C14H32N2. The van der Waals surface area contributed by atoms with E-state index >= 15 is 0 Å². The monoisotopic (exact) mass is 228 g/mol. The van der Waals surface area contributed by atoms with Crippen molar-refractivity contribution in [2.24, 2.45) is 5.73 Å². The summed E-state index contributed by atoms with van der Waals surface area (Å²) in [7, 11) is 0. The average molecular weight is 228 g/mol. The molecule has 0 saturated carbocycles. The zero-order chi connectivity index (χ0) is 12.3. The van der Waals surface area contributed by atoms with Crippen LogP contribution >= 0.6 is 0 Å². The van der Waals surface area contributed by atoms with Gasteiger partial charge in [0, 0.05) is 12.1 Å². The van der Waals surface area contributed by atoms with Gasteiger partial charge in [-0.15, -0.1) is 0 Å². The van der Waals surface area contributed by atoms with Crippen LogP contribution < -0.4 is 11.1 Å². The van der Waals surface area contributed by atoms with Crippen LogP contribution in [0.25, 0.3) is 0 Å². The van der Waals surface area contributed by atoms with Gasteiger partial charge in [-0.05, 0) is 26.3 Å². The normalized spacial score (nSPS) is 15.0. The summed E-state index contributed by atoms with van der Waals surface area (Å²) in [5.74, 6) is 0. The van der Waals surface area contributed by atoms with E-state index < -0.39 is 0 Å². The second-order valence-electron chi connectivity index (χ2n) is 5.35. The molecule has 1 unspecified atom stereocenters. The minimum Gasteiger partial charge on any atom is -0.324 e. The van der Waals surface area contributed by atoms with Crippen molar-refractivity contribution in [3.8, 4) is 0 Å². The van der Waals surface area contributed by atoms with E-state index in [1.54, 1.807) is 0 Å². The molecule has 16 heavy (non-hydrogen) atoms. The van der Waals surface area contributed by atoms with Gasteiger partial charge in [0.05, 0.1) is 0 Å². The maximum Gasteiger partial charge on any atom is 0.0252 e. The fourth-order valence-electron chi connectivity index (χ4n) is 2.06. The minimum absolute atomic E-state index is 0.0169. The fourth-order valence-corrected chi connectivity index (χ4v) is 2.06. The lowest BCUT2D eigenvalue weighted by Crippen LogP contribution is -2.46. The lowest BCUT2D eigenvalue weighted by Gasteiger charge is -2.24. The summed E-state index contributed by atoms with van der Waals surface area (Å²) in [5, 5.41) is 3.48. The highest BCUT2D eigenvalue weighted by Gasteiger charge is 2.15. The zero-order valence-corrected chi connectivity index (χ0v) is 11.6. The Morgan fingerprint density at radius 3 is 2.19 bits per heavy atom. The second kappa shape index (κ2) is 10.1. The van der Waals surface area contributed by atoms with Crippen LogP contribution in [0.2, 0.25) is 0 Å². The van der Waals surface area contributed by atoms with Gasteiger partial charge in [0.25, 0.3) is 0 Å². The first-order valence-corrected chi connectivity index (χ1v) is 7.12. The van der Waals surface area contributed by atoms with E-state index in [2.05, 4.69) is 26.1 Å². The SMILES string of the molecule is CCCCCCCCNCC(C)(N)CCC. The summed E-state index contributed by atoms with van der Waals surface area (Å²) in [5.41, 5.74) is 6.13. The first-order chi connectivity index (χ1) is 7.62. The van der Waals surface area contributed by atoms with E-state index in [4.69, 9.17) is 5.73 Å². The number of unbranched alkanes of at least 4 members (excludes halogenated alkanes) is 5.